The van der Waals surface area contributed by atoms with Crippen molar-refractivity contribution in [1.82, 2.24) is 25.0 Å². The maximum absolute atomic E-state index is 4.37. The van der Waals surface area contributed by atoms with E-state index in [1.807, 2.05) is 13.1 Å². The van der Waals surface area contributed by atoms with E-state index < -0.39 is 0 Å². The van der Waals surface area contributed by atoms with Crippen LogP contribution in [0.3, 0.4) is 0 Å². The Labute approximate surface area is 107 Å². The first-order chi connectivity index (χ1) is 8.86. The SMILES string of the molecule is Cc1[nH]ncc1-c1nnc2n1CCCCCCC2. The third-order valence-electron chi connectivity index (χ3n) is 3.68. The van der Waals surface area contributed by atoms with Crippen molar-refractivity contribution >= 4 is 0 Å². The Morgan fingerprint density at radius 1 is 1.11 bits per heavy atom. The van der Waals surface area contributed by atoms with Gasteiger partial charge >= 0.3 is 0 Å². The van der Waals surface area contributed by atoms with E-state index in [2.05, 4.69) is 25.0 Å². The molecule has 0 spiro atoms. The van der Waals surface area contributed by atoms with E-state index >= 15 is 0 Å². The Balaban J connectivity index is 1.99. The summed E-state index contributed by atoms with van der Waals surface area (Å²) in [6.45, 7) is 3.06. The van der Waals surface area contributed by atoms with Crippen LogP contribution < -0.4 is 0 Å². The third-order valence-corrected chi connectivity index (χ3v) is 3.68. The molecule has 2 aromatic heterocycles. The Kier molecular flexibility index (Phi) is 3.13. The molecule has 0 aliphatic carbocycles. The molecule has 1 N–H and O–H groups in total. The monoisotopic (exact) mass is 245 g/mol. The van der Waals surface area contributed by atoms with Crippen LogP contribution in [-0.4, -0.2) is 25.0 Å². The molecule has 0 aromatic carbocycles. The van der Waals surface area contributed by atoms with Crippen molar-refractivity contribution in [3.63, 3.8) is 0 Å². The molecule has 0 atom stereocenters. The minimum Gasteiger partial charge on any atom is -0.311 e. The number of aryl methyl sites for hydroxylation is 2. The number of rotatable bonds is 1. The molecule has 0 unspecified atom stereocenters. The van der Waals surface area contributed by atoms with Gasteiger partial charge in [0.1, 0.15) is 5.82 Å². The van der Waals surface area contributed by atoms with Crippen LogP contribution in [-0.2, 0) is 13.0 Å². The number of fused-ring (bicyclic) bond motifs is 1. The van der Waals surface area contributed by atoms with Gasteiger partial charge in [-0.1, -0.05) is 19.3 Å². The second-order valence-corrected chi connectivity index (χ2v) is 5.02. The summed E-state index contributed by atoms with van der Waals surface area (Å²) in [5.74, 6) is 2.10. The summed E-state index contributed by atoms with van der Waals surface area (Å²) in [6, 6.07) is 0. The van der Waals surface area contributed by atoms with Crippen molar-refractivity contribution in [1.29, 1.82) is 0 Å². The lowest BCUT2D eigenvalue weighted by atomic mass is 10.1. The Morgan fingerprint density at radius 2 is 1.94 bits per heavy atom. The maximum atomic E-state index is 4.37. The molecule has 0 bridgehead atoms. The Morgan fingerprint density at radius 3 is 2.78 bits per heavy atom. The molecule has 18 heavy (non-hydrogen) atoms. The van der Waals surface area contributed by atoms with Gasteiger partial charge in [0.25, 0.3) is 0 Å². The lowest BCUT2D eigenvalue weighted by molar-refractivity contribution is 0.587. The van der Waals surface area contributed by atoms with Crippen molar-refractivity contribution < 1.29 is 0 Å². The van der Waals surface area contributed by atoms with E-state index in [0.29, 0.717) is 0 Å². The van der Waals surface area contributed by atoms with Crippen LogP contribution in [0.2, 0.25) is 0 Å². The van der Waals surface area contributed by atoms with Crippen molar-refractivity contribution in [2.24, 2.45) is 0 Å². The molecule has 3 rings (SSSR count). The predicted molar refractivity (Wildman–Crippen MR) is 69.1 cm³/mol. The topological polar surface area (TPSA) is 59.4 Å². The van der Waals surface area contributed by atoms with Gasteiger partial charge in [0, 0.05) is 18.7 Å². The first-order valence-corrected chi connectivity index (χ1v) is 6.78. The Hall–Kier alpha value is -1.65. The molecule has 0 saturated carbocycles. The highest BCUT2D eigenvalue weighted by molar-refractivity contribution is 5.57. The zero-order valence-electron chi connectivity index (χ0n) is 10.8. The van der Waals surface area contributed by atoms with E-state index in [1.54, 1.807) is 0 Å². The molecule has 1 aliphatic heterocycles. The van der Waals surface area contributed by atoms with Gasteiger partial charge in [-0.3, -0.25) is 5.10 Å². The minimum atomic E-state index is 0.971. The van der Waals surface area contributed by atoms with E-state index in [0.717, 1.165) is 35.9 Å². The second-order valence-electron chi connectivity index (χ2n) is 5.02. The summed E-state index contributed by atoms with van der Waals surface area (Å²) >= 11 is 0. The minimum absolute atomic E-state index is 0.971. The lowest BCUT2D eigenvalue weighted by Gasteiger charge is -2.08. The molecule has 2 aromatic rings. The molecule has 0 amide bonds. The number of nitrogens with one attached hydrogen (secondary N) is 1. The van der Waals surface area contributed by atoms with Crippen LogP contribution in [0.4, 0.5) is 0 Å². The Bertz CT molecular complexity index is 525. The van der Waals surface area contributed by atoms with Gasteiger partial charge in [-0.05, 0) is 19.8 Å². The molecule has 5 heteroatoms. The number of H-pyrrole nitrogens is 1. The van der Waals surface area contributed by atoms with E-state index in [-0.39, 0.29) is 0 Å². The van der Waals surface area contributed by atoms with Gasteiger partial charge in [0.2, 0.25) is 0 Å². The van der Waals surface area contributed by atoms with Gasteiger partial charge in [-0.2, -0.15) is 5.10 Å². The summed E-state index contributed by atoms with van der Waals surface area (Å²) in [6.07, 6.45) is 9.30. The largest absolute Gasteiger partial charge is 0.311 e. The predicted octanol–water partition coefficient (Wildman–Crippen LogP) is 2.48. The highest BCUT2D eigenvalue weighted by Crippen LogP contribution is 2.23. The zero-order chi connectivity index (χ0) is 12.4. The van der Waals surface area contributed by atoms with Crippen molar-refractivity contribution in [3.8, 4) is 11.4 Å². The van der Waals surface area contributed by atoms with Gasteiger partial charge in [0.15, 0.2) is 5.82 Å². The molecule has 96 valence electrons. The van der Waals surface area contributed by atoms with Gasteiger partial charge in [-0.15, -0.1) is 10.2 Å². The number of nitrogens with zero attached hydrogens (tertiary/aromatic N) is 4. The summed E-state index contributed by atoms with van der Waals surface area (Å²) in [5, 5.41) is 15.8. The highest BCUT2D eigenvalue weighted by atomic mass is 15.3. The quantitative estimate of drug-likeness (QED) is 0.839. The summed E-state index contributed by atoms with van der Waals surface area (Å²) in [7, 11) is 0. The molecular formula is C13H19N5. The second kappa shape index (κ2) is 4.92. The first-order valence-electron chi connectivity index (χ1n) is 6.78. The number of aromatic nitrogens is 5. The number of hydrogen-bond acceptors (Lipinski definition) is 3. The highest BCUT2D eigenvalue weighted by Gasteiger charge is 2.16. The standard InChI is InChI=1S/C13H19N5/c1-10-11(9-14-15-10)13-17-16-12-7-5-3-2-4-6-8-18(12)13/h9H,2-8H2,1H3,(H,14,15). The van der Waals surface area contributed by atoms with Crippen molar-refractivity contribution in [2.45, 2.75) is 52.0 Å². The molecular weight excluding hydrogens is 226 g/mol. The summed E-state index contributed by atoms with van der Waals surface area (Å²) in [5.41, 5.74) is 2.14. The van der Waals surface area contributed by atoms with Gasteiger partial charge in [-0.25, -0.2) is 0 Å². The van der Waals surface area contributed by atoms with Crippen LogP contribution >= 0.6 is 0 Å². The van der Waals surface area contributed by atoms with Crippen molar-refractivity contribution in [3.05, 3.63) is 17.7 Å². The fourth-order valence-corrected chi connectivity index (χ4v) is 2.61. The lowest BCUT2D eigenvalue weighted by Crippen LogP contribution is -2.05. The fourth-order valence-electron chi connectivity index (χ4n) is 2.61. The summed E-state index contributed by atoms with van der Waals surface area (Å²) < 4.78 is 2.28. The third kappa shape index (κ3) is 2.05. The first kappa shape index (κ1) is 11.4. The van der Waals surface area contributed by atoms with Crippen LogP contribution in [0.25, 0.3) is 11.4 Å². The number of aromatic amines is 1. The van der Waals surface area contributed by atoms with Gasteiger partial charge < -0.3 is 4.57 Å². The average Bonchev–Trinajstić information content (AvgIpc) is 2.95. The molecule has 5 nitrogen and oxygen atoms in total. The molecule has 3 heterocycles. The smallest absolute Gasteiger partial charge is 0.167 e. The van der Waals surface area contributed by atoms with E-state index in [4.69, 9.17) is 0 Å². The molecule has 0 fully saturated rings. The molecule has 0 radical (unpaired) electrons. The van der Waals surface area contributed by atoms with Crippen LogP contribution in [0.15, 0.2) is 6.20 Å². The van der Waals surface area contributed by atoms with Gasteiger partial charge in [0.05, 0.1) is 11.8 Å². The van der Waals surface area contributed by atoms with Crippen LogP contribution in [0, 0.1) is 6.92 Å². The fraction of sp³-hybridized carbons (Fsp3) is 0.615. The molecule has 0 saturated heterocycles. The van der Waals surface area contributed by atoms with E-state index in [1.165, 1.54) is 32.1 Å². The zero-order valence-corrected chi connectivity index (χ0v) is 10.8. The van der Waals surface area contributed by atoms with E-state index in [9.17, 15) is 0 Å². The number of hydrogen-bond donors (Lipinski definition) is 1. The van der Waals surface area contributed by atoms with Crippen LogP contribution in [0.5, 0.6) is 0 Å². The molecule has 1 aliphatic rings. The van der Waals surface area contributed by atoms with Crippen LogP contribution in [0.1, 0.15) is 43.6 Å². The normalized spacial score (nSPS) is 16.7. The summed E-state index contributed by atoms with van der Waals surface area (Å²) in [4.78, 5) is 0. The average molecular weight is 245 g/mol. The maximum Gasteiger partial charge on any atom is 0.167 e. The van der Waals surface area contributed by atoms with Crippen molar-refractivity contribution in [2.75, 3.05) is 0 Å².